The minimum absolute atomic E-state index is 0.0445. The largest absolute Gasteiger partial charge is 0.497 e. The Morgan fingerprint density at radius 2 is 1.92 bits per heavy atom. The average molecular weight is 356 g/mol. The first-order valence-corrected chi connectivity index (χ1v) is 8.18. The number of methoxy groups -OCH3 is 1. The number of anilines is 1. The average Bonchev–Trinajstić information content (AvgIpc) is 2.68. The molecule has 2 amide bonds. The Hall–Kier alpha value is -2.90. The van der Waals surface area contributed by atoms with Gasteiger partial charge in [0.15, 0.2) is 0 Å². The molecule has 0 saturated carbocycles. The zero-order chi connectivity index (χ0) is 18.5. The van der Waals surface area contributed by atoms with Crippen molar-refractivity contribution in [1.82, 2.24) is 5.32 Å². The summed E-state index contributed by atoms with van der Waals surface area (Å²) in [6.07, 6.45) is -0.427. The summed E-state index contributed by atoms with van der Waals surface area (Å²) in [5, 5.41) is 14.9. The third kappa shape index (κ3) is 4.01. The normalized spacial score (nSPS) is 19.5. The minimum atomic E-state index is -0.490. The van der Waals surface area contributed by atoms with Gasteiger partial charge in [0.1, 0.15) is 18.5 Å². The van der Waals surface area contributed by atoms with Gasteiger partial charge in [0.2, 0.25) is 5.91 Å². The molecule has 7 heteroatoms. The molecule has 136 valence electrons. The smallest absolute Gasteiger partial charge is 0.255 e. The molecule has 0 spiro atoms. The van der Waals surface area contributed by atoms with Crippen LogP contribution in [-0.4, -0.2) is 43.3 Å². The van der Waals surface area contributed by atoms with Gasteiger partial charge in [0.25, 0.3) is 5.91 Å². The van der Waals surface area contributed by atoms with Crippen molar-refractivity contribution in [1.29, 1.82) is 0 Å². The van der Waals surface area contributed by atoms with E-state index in [1.807, 2.05) is 0 Å². The molecule has 2 aromatic rings. The topological polar surface area (TPSA) is 96.9 Å². The number of aliphatic hydroxyl groups is 1. The lowest BCUT2D eigenvalue weighted by Crippen LogP contribution is -2.49. The lowest BCUT2D eigenvalue weighted by molar-refractivity contribution is -0.138. The number of hydrogen-bond acceptors (Lipinski definition) is 5. The van der Waals surface area contributed by atoms with Crippen LogP contribution < -0.4 is 15.4 Å². The quantitative estimate of drug-likeness (QED) is 0.754. The molecular formula is C19H20N2O5. The molecule has 1 heterocycles. The van der Waals surface area contributed by atoms with Crippen LogP contribution in [0.2, 0.25) is 0 Å². The van der Waals surface area contributed by atoms with Crippen LogP contribution in [0.1, 0.15) is 22.0 Å². The summed E-state index contributed by atoms with van der Waals surface area (Å²) in [4.78, 5) is 23.6. The summed E-state index contributed by atoms with van der Waals surface area (Å²) in [7, 11) is 1.57. The molecule has 1 saturated heterocycles. The molecule has 0 aliphatic carbocycles. The van der Waals surface area contributed by atoms with E-state index in [4.69, 9.17) is 9.47 Å². The molecule has 3 N–H and O–H groups in total. The van der Waals surface area contributed by atoms with Gasteiger partial charge in [-0.05, 0) is 42.0 Å². The van der Waals surface area contributed by atoms with Gasteiger partial charge in [0.05, 0.1) is 19.8 Å². The molecule has 3 rings (SSSR count). The van der Waals surface area contributed by atoms with E-state index in [9.17, 15) is 14.7 Å². The van der Waals surface area contributed by atoms with E-state index in [2.05, 4.69) is 10.6 Å². The molecule has 1 aliphatic rings. The molecule has 2 atom stereocenters. The molecule has 2 aromatic carbocycles. The standard InChI is InChI=1S/C19H20N2O5/c1-25-15-8-4-13(5-9-15)19(24)20-14-6-2-12(3-7-14)18-16(10-22)21-17(23)11-26-18/h2-9,16,18,22H,10-11H2,1H3,(H,20,24)(H,21,23)/t16-,18-/m1/s1. The lowest BCUT2D eigenvalue weighted by Gasteiger charge is -2.31. The lowest BCUT2D eigenvalue weighted by atomic mass is 10.0. The van der Waals surface area contributed by atoms with Crippen LogP contribution in [0.15, 0.2) is 48.5 Å². The monoisotopic (exact) mass is 356 g/mol. The first-order chi connectivity index (χ1) is 12.6. The second-order valence-electron chi connectivity index (χ2n) is 5.89. The van der Waals surface area contributed by atoms with Gasteiger partial charge in [-0.1, -0.05) is 12.1 Å². The van der Waals surface area contributed by atoms with E-state index in [0.29, 0.717) is 17.0 Å². The van der Waals surface area contributed by atoms with Crippen molar-refractivity contribution in [3.05, 3.63) is 59.7 Å². The molecule has 0 bridgehead atoms. The van der Waals surface area contributed by atoms with Gasteiger partial charge in [-0.25, -0.2) is 0 Å². The van der Waals surface area contributed by atoms with Gasteiger partial charge < -0.3 is 25.2 Å². The maximum atomic E-state index is 12.3. The van der Waals surface area contributed by atoms with Crippen LogP contribution in [0.5, 0.6) is 5.75 Å². The Kier molecular flexibility index (Phi) is 5.50. The van der Waals surface area contributed by atoms with Gasteiger partial charge in [-0.15, -0.1) is 0 Å². The highest BCUT2D eigenvalue weighted by Gasteiger charge is 2.30. The molecule has 0 aromatic heterocycles. The summed E-state index contributed by atoms with van der Waals surface area (Å²) in [5.41, 5.74) is 1.97. The van der Waals surface area contributed by atoms with E-state index in [1.165, 1.54) is 0 Å². The number of ether oxygens (including phenoxy) is 2. The number of morpholine rings is 1. The van der Waals surface area contributed by atoms with Gasteiger partial charge >= 0.3 is 0 Å². The molecule has 0 unspecified atom stereocenters. The number of nitrogens with one attached hydrogen (secondary N) is 2. The summed E-state index contributed by atoms with van der Waals surface area (Å²) < 4.78 is 10.6. The highest BCUT2D eigenvalue weighted by Crippen LogP contribution is 2.25. The Morgan fingerprint density at radius 3 is 2.54 bits per heavy atom. The van der Waals surface area contributed by atoms with Gasteiger partial charge in [-0.2, -0.15) is 0 Å². The highest BCUT2D eigenvalue weighted by molar-refractivity contribution is 6.04. The van der Waals surface area contributed by atoms with Crippen molar-refractivity contribution in [3.63, 3.8) is 0 Å². The van der Waals surface area contributed by atoms with E-state index in [1.54, 1.807) is 55.6 Å². The second kappa shape index (κ2) is 7.99. The predicted octanol–water partition coefficient (Wildman–Crippen LogP) is 1.50. The highest BCUT2D eigenvalue weighted by atomic mass is 16.5. The Morgan fingerprint density at radius 1 is 1.23 bits per heavy atom. The number of carbonyl (C=O) groups excluding carboxylic acids is 2. The van der Waals surface area contributed by atoms with E-state index < -0.39 is 12.1 Å². The maximum absolute atomic E-state index is 12.3. The number of amides is 2. The molecule has 0 radical (unpaired) electrons. The second-order valence-corrected chi connectivity index (χ2v) is 5.89. The first kappa shape index (κ1) is 17.9. The number of rotatable bonds is 5. The summed E-state index contributed by atoms with van der Waals surface area (Å²) in [6.45, 7) is -0.260. The maximum Gasteiger partial charge on any atom is 0.255 e. The zero-order valence-electron chi connectivity index (χ0n) is 14.3. The fraction of sp³-hybridized carbons (Fsp3) is 0.263. The molecule has 1 fully saturated rings. The fourth-order valence-electron chi connectivity index (χ4n) is 2.78. The van der Waals surface area contributed by atoms with Crippen molar-refractivity contribution in [3.8, 4) is 5.75 Å². The van der Waals surface area contributed by atoms with E-state index in [0.717, 1.165) is 5.56 Å². The summed E-state index contributed by atoms with van der Waals surface area (Å²) >= 11 is 0. The molecule has 1 aliphatic heterocycles. The number of carbonyl (C=O) groups is 2. The van der Waals surface area contributed by atoms with Crippen LogP contribution in [0.3, 0.4) is 0 Å². The van der Waals surface area contributed by atoms with Crippen molar-refractivity contribution in [2.45, 2.75) is 12.1 Å². The van der Waals surface area contributed by atoms with Crippen LogP contribution in [-0.2, 0) is 9.53 Å². The third-order valence-electron chi connectivity index (χ3n) is 4.15. The molecule has 26 heavy (non-hydrogen) atoms. The Labute approximate surface area is 150 Å². The van der Waals surface area contributed by atoms with Crippen molar-refractivity contribution in [2.75, 3.05) is 25.6 Å². The number of hydrogen-bond donors (Lipinski definition) is 3. The van der Waals surface area contributed by atoms with Crippen LogP contribution >= 0.6 is 0 Å². The third-order valence-corrected chi connectivity index (χ3v) is 4.15. The van der Waals surface area contributed by atoms with Crippen molar-refractivity contribution < 1.29 is 24.2 Å². The van der Waals surface area contributed by atoms with Crippen molar-refractivity contribution >= 4 is 17.5 Å². The Bertz CT molecular complexity index is 774. The fourth-order valence-corrected chi connectivity index (χ4v) is 2.78. The van der Waals surface area contributed by atoms with E-state index >= 15 is 0 Å². The first-order valence-electron chi connectivity index (χ1n) is 8.18. The van der Waals surface area contributed by atoms with Crippen LogP contribution in [0, 0.1) is 0 Å². The predicted molar refractivity (Wildman–Crippen MR) is 95.1 cm³/mol. The minimum Gasteiger partial charge on any atom is -0.497 e. The molecule has 7 nitrogen and oxygen atoms in total. The van der Waals surface area contributed by atoms with Crippen LogP contribution in [0.25, 0.3) is 0 Å². The van der Waals surface area contributed by atoms with Gasteiger partial charge in [0, 0.05) is 11.3 Å². The zero-order valence-corrected chi connectivity index (χ0v) is 14.3. The summed E-state index contributed by atoms with van der Waals surface area (Å²) in [6, 6.07) is 13.4. The van der Waals surface area contributed by atoms with Gasteiger partial charge in [-0.3, -0.25) is 9.59 Å². The SMILES string of the molecule is COc1ccc(C(=O)Nc2ccc([C@H]3OCC(=O)N[C@@H]3CO)cc2)cc1. The van der Waals surface area contributed by atoms with E-state index in [-0.39, 0.29) is 25.0 Å². The van der Waals surface area contributed by atoms with Crippen LogP contribution in [0.4, 0.5) is 5.69 Å². The molecular weight excluding hydrogens is 336 g/mol. The number of aliphatic hydroxyl groups excluding tert-OH is 1. The summed E-state index contributed by atoms with van der Waals surface area (Å²) in [5.74, 6) is 0.211. The van der Waals surface area contributed by atoms with Crippen molar-refractivity contribution in [2.24, 2.45) is 0 Å². The number of benzene rings is 2. The Balaban J connectivity index is 1.67.